The highest BCUT2D eigenvalue weighted by molar-refractivity contribution is 5.89. The maximum atomic E-state index is 12.2. The average molecular weight is 261 g/mol. The fourth-order valence-electron chi connectivity index (χ4n) is 2.48. The van der Waals surface area contributed by atoms with Crippen LogP contribution in [-0.2, 0) is 0 Å². The number of urea groups is 1. The minimum Gasteiger partial charge on any atom is -0.322 e. The van der Waals surface area contributed by atoms with Crippen LogP contribution in [0.3, 0.4) is 0 Å². The van der Waals surface area contributed by atoms with Gasteiger partial charge in [-0.25, -0.2) is 4.79 Å². The largest absolute Gasteiger partial charge is 0.322 e. The molecule has 1 fully saturated rings. The van der Waals surface area contributed by atoms with Gasteiger partial charge >= 0.3 is 6.03 Å². The molecule has 2 rings (SSSR count). The summed E-state index contributed by atoms with van der Waals surface area (Å²) in [5.74, 6) is 0. The summed E-state index contributed by atoms with van der Waals surface area (Å²) < 4.78 is 0. The molecule has 1 aromatic rings. The van der Waals surface area contributed by atoms with Gasteiger partial charge in [0.15, 0.2) is 0 Å². The minimum absolute atomic E-state index is 0.0132. The lowest BCUT2D eigenvalue weighted by Crippen LogP contribution is -2.37. The first-order valence-electron chi connectivity index (χ1n) is 6.96. The van der Waals surface area contributed by atoms with Crippen molar-refractivity contribution in [2.45, 2.75) is 38.8 Å². The number of carbonyl (C=O) groups excluding carboxylic acids is 1. The molecule has 1 aliphatic heterocycles. The Morgan fingerprint density at radius 3 is 2.89 bits per heavy atom. The second-order valence-electron chi connectivity index (χ2n) is 5.25. The number of nitrogens with zero attached hydrogens (tertiary/aromatic N) is 1. The summed E-state index contributed by atoms with van der Waals surface area (Å²) in [7, 11) is 1.93. The number of rotatable bonds is 3. The van der Waals surface area contributed by atoms with Gasteiger partial charge in [-0.3, -0.25) is 0 Å². The van der Waals surface area contributed by atoms with Crippen molar-refractivity contribution in [2.24, 2.45) is 0 Å². The van der Waals surface area contributed by atoms with Crippen LogP contribution in [-0.4, -0.2) is 30.6 Å². The molecule has 2 amide bonds. The van der Waals surface area contributed by atoms with Crippen molar-refractivity contribution < 1.29 is 4.79 Å². The lowest BCUT2D eigenvalue weighted by atomic mass is 10.1. The highest BCUT2D eigenvalue weighted by atomic mass is 16.2. The van der Waals surface area contributed by atoms with Gasteiger partial charge in [0.05, 0.1) is 0 Å². The predicted molar refractivity (Wildman–Crippen MR) is 78.3 cm³/mol. The summed E-state index contributed by atoms with van der Waals surface area (Å²) in [6, 6.07) is 8.65. The number of hydrogen-bond donors (Lipinski definition) is 2. The molecule has 104 valence electrons. The van der Waals surface area contributed by atoms with Gasteiger partial charge in [0.1, 0.15) is 0 Å². The first kappa shape index (κ1) is 13.9. The summed E-state index contributed by atoms with van der Waals surface area (Å²) >= 11 is 0. The Hall–Kier alpha value is -1.55. The molecular weight excluding hydrogens is 238 g/mol. The van der Waals surface area contributed by atoms with Gasteiger partial charge in [-0.15, -0.1) is 0 Å². The minimum atomic E-state index is 0.0132. The third-order valence-corrected chi connectivity index (χ3v) is 3.88. The molecule has 0 aromatic heterocycles. The molecule has 1 aromatic carbocycles. The smallest absolute Gasteiger partial charge is 0.322 e. The van der Waals surface area contributed by atoms with Crippen LogP contribution in [0, 0.1) is 0 Å². The Labute approximate surface area is 115 Å². The van der Waals surface area contributed by atoms with Crippen molar-refractivity contribution in [3.8, 4) is 0 Å². The lowest BCUT2D eigenvalue weighted by Gasteiger charge is -2.22. The summed E-state index contributed by atoms with van der Waals surface area (Å²) in [6.45, 7) is 5.06. The molecule has 1 saturated heterocycles. The Morgan fingerprint density at radius 2 is 2.26 bits per heavy atom. The van der Waals surface area contributed by atoms with Gasteiger partial charge < -0.3 is 15.5 Å². The van der Waals surface area contributed by atoms with E-state index >= 15 is 0 Å². The molecule has 2 atom stereocenters. The summed E-state index contributed by atoms with van der Waals surface area (Å²) in [6.07, 6.45) is 2.20. The van der Waals surface area contributed by atoms with E-state index in [9.17, 15) is 4.79 Å². The van der Waals surface area contributed by atoms with E-state index in [1.807, 2.05) is 30.1 Å². The molecule has 0 saturated carbocycles. The van der Waals surface area contributed by atoms with Gasteiger partial charge in [0, 0.05) is 24.3 Å². The molecule has 0 bridgehead atoms. The van der Waals surface area contributed by atoms with Gasteiger partial charge in [-0.05, 0) is 51.4 Å². The summed E-state index contributed by atoms with van der Waals surface area (Å²) in [5.41, 5.74) is 2.04. The summed E-state index contributed by atoms with van der Waals surface area (Å²) in [5, 5.41) is 6.19. The molecule has 0 spiro atoms. The molecule has 4 nitrogen and oxygen atoms in total. The molecule has 0 aliphatic carbocycles. The van der Waals surface area contributed by atoms with E-state index in [0.29, 0.717) is 6.04 Å². The van der Waals surface area contributed by atoms with E-state index in [2.05, 4.69) is 30.5 Å². The normalized spacial score (nSPS) is 20.4. The Kier molecular flexibility index (Phi) is 4.43. The van der Waals surface area contributed by atoms with Crippen molar-refractivity contribution in [1.29, 1.82) is 0 Å². The molecule has 2 N–H and O–H groups in total. The van der Waals surface area contributed by atoms with Crippen LogP contribution in [0.1, 0.15) is 38.3 Å². The van der Waals surface area contributed by atoms with Crippen molar-refractivity contribution in [3.05, 3.63) is 29.8 Å². The van der Waals surface area contributed by atoms with Crippen LogP contribution in [0.25, 0.3) is 0 Å². The van der Waals surface area contributed by atoms with Gasteiger partial charge in [0.2, 0.25) is 0 Å². The highest BCUT2D eigenvalue weighted by Gasteiger charge is 2.24. The van der Waals surface area contributed by atoms with Crippen molar-refractivity contribution in [3.63, 3.8) is 0 Å². The summed E-state index contributed by atoms with van der Waals surface area (Å²) in [4.78, 5) is 14.1. The van der Waals surface area contributed by atoms with E-state index in [1.165, 1.54) is 5.56 Å². The second-order valence-corrected chi connectivity index (χ2v) is 5.25. The third kappa shape index (κ3) is 3.26. The number of anilines is 1. The van der Waals surface area contributed by atoms with E-state index in [-0.39, 0.29) is 12.1 Å². The van der Waals surface area contributed by atoms with E-state index < -0.39 is 0 Å². The van der Waals surface area contributed by atoms with Crippen molar-refractivity contribution in [1.82, 2.24) is 10.2 Å². The van der Waals surface area contributed by atoms with E-state index in [1.54, 1.807) is 0 Å². The molecule has 0 radical (unpaired) electrons. The van der Waals surface area contributed by atoms with E-state index in [0.717, 1.165) is 25.1 Å². The number of amides is 2. The lowest BCUT2D eigenvalue weighted by molar-refractivity contribution is 0.210. The Balaban J connectivity index is 2.04. The van der Waals surface area contributed by atoms with Crippen LogP contribution in [0.5, 0.6) is 0 Å². The monoisotopic (exact) mass is 261 g/mol. The molecule has 4 heteroatoms. The first-order chi connectivity index (χ1) is 9.11. The molecule has 2 unspecified atom stereocenters. The van der Waals surface area contributed by atoms with Crippen molar-refractivity contribution >= 4 is 11.7 Å². The van der Waals surface area contributed by atoms with Crippen LogP contribution in [0.15, 0.2) is 24.3 Å². The average Bonchev–Trinajstić information content (AvgIpc) is 2.84. The number of carbonyl (C=O) groups is 1. The van der Waals surface area contributed by atoms with Crippen LogP contribution in [0.4, 0.5) is 10.5 Å². The number of nitrogens with one attached hydrogen (secondary N) is 2. The quantitative estimate of drug-likeness (QED) is 0.878. The standard InChI is InChI=1S/C15H23N3O/c1-11-6-5-9-18(11)15(19)17-14-8-4-7-13(10-14)12(2)16-3/h4,7-8,10-12,16H,5-6,9H2,1-3H3,(H,17,19). The van der Waals surface area contributed by atoms with Crippen LogP contribution < -0.4 is 10.6 Å². The SMILES string of the molecule is CNC(C)c1cccc(NC(=O)N2CCCC2C)c1. The van der Waals surface area contributed by atoms with Gasteiger partial charge in [-0.1, -0.05) is 12.1 Å². The number of likely N-dealkylation sites (tertiary alicyclic amines) is 1. The zero-order valence-electron chi connectivity index (χ0n) is 11.9. The van der Waals surface area contributed by atoms with Crippen molar-refractivity contribution in [2.75, 3.05) is 18.9 Å². The predicted octanol–water partition coefficient (Wildman–Crippen LogP) is 2.98. The second kappa shape index (κ2) is 6.06. The fourth-order valence-corrected chi connectivity index (χ4v) is 2.48. The van der Waals surface area contributed by atoms with Crippen LogP contribution in [0.2, 0.25) is 0 Å². The molecular formula is C15H23N3O. The van der Waals surface area contributed by atoms with E-state index in [4.69, 9.17) is 0 Å². The van der Waals surface area contributed by atoms with Gasteiger partial charge in [-0.2, -0.15) is 0 Å². The number of hydrogen-bond acceptors (Lipinski definition) is 2. The maximum Gasteiger partial charge on any atom is 0.322 e. The number of benzene rings is 1. The zero-order valence-corrected chi connectivity index (χ0v) is 11.9. The van der Waals surface area contributed by atoms with Gasteiger partial charge in [0.25, 0.3) is 0 Å². The topological polar surface area (TPSA) is 44.4 Å². The molecule has 1 aliphatic rings. The molecule has 1 heterocycles. The zero-order chi connectivity index (χ0) is 13.8. The molecule has 19 heavy (non-hydrogen) atoms. The Morgan fingerprint density at radius 1 is 1.47 bits per heavy atom. The van der Waals surface area contributed by atoms with Crippen LogP contribution >= 0.6 is 0 Å². The fraction of sp³-hybridized carbons (Fsp3) is 0.533. The highest BCUT2D eigenvalue weighted by Crippen LogP contribution is 2.20. The Bertz CT molecular complexity index is 447. The third-order valence-electron chi connectivity index (χ3n) is 3.88. The maximum absolute atomic E-state index is 12.2. The first-order valence-corrected chi connectivity index (χ1v) is 6.96.